The lowest BCUT2D eigenvalue weighted by Crippen LogP contribution is -2.19. The summed E-state index contributed by atoms with van der Waals surface area (Å²) in [6.07, 6.45) is -1.79. The third-order valence-corrected chi connectivity index (χ3v) is 3.96. The number of aliphatic hydroxyl groups excluding tert-OH is 2. The van der Waals surface area contributed by atoms with Gasteiger partial charge in [-0.3, -0.25) is 9.59 Å². The average molecular weight is 317 g/mol. The van der Waals surface area contributed by atoms with E-state index in [0.717, 1.165) is 11.8 Å². The number of thioether (sulfide) groups is 1. The molecule has 2 N–H and O–H groups in total. The fraction of sp³-hybridized carbons (Fsp3) is 0.429. The Labute approximate surface area is 127 Å². The van der Waals surface area contributed by atoms with Gasteiger partial charge in [-0.05, 0) is 31.0 Å². The van der Waals surface area contributed by atoms with E-state index in [2.05, 4.69) is 0 Å². The Morgan fingerprint density at radius 2 is 1.95 bits per heavy atom. The number of halogens is 1. The van der Waals surface area contributed by atoms with Crippen molar-refractivity contribution in [3.8, 4) is 0 Å². The number of aliphatic hydroxyl groups is 2. The van der Waals surface area contributed by atoms with E-state index >= 15 is 0 Å². The molecule has 1 aromatic carbocycles. The highest BCUT2D eigenvalue weighted by Gasteiger charge is 2.19. The predicted octanol–water partition coefficient (Wildman–Crippen LogP) is 2.61. The van der Waals surface area contributed by atoms with E-state index < -0.39 is 12.2 Å². The monoisotopic (exact) mass is 316 g/mol. The first-order valence-corrected chi connectivity index (χ1v) is 7.49. The van der Waals surface area contributed by atoms with Gasteiger partial charge in [-0.25, -0.2) is 0 Å². The van der Waals surface area contributed by atoms with Crippen LogP contribution in [-0.4, -0.2) is 33.0 Å². The first-order chi connectivity index (χ1) is 9.32. The molecule has 2 atom stereocenters. The van der Waals surface area contributed by atoms with Crippen molar-refractivity contribution < 1.29 is 19.8 Å². The van der Waals surface area contributed by atoms with Gasteiger partial charge in [0.2, 0.25) is 0 Å². The maximum absolute atomic E-state index is 11.3. The largest absolute Gasteiger partial charge is 0.390 e. The van der Waals surface area contributed by atoms with Gasteiger partial charge in [0.15, 0.2) is 10.9 Å². The molecule has 1 aromatic rings. The Hall–Kier alpha value is -0.880. The fourth-order valence-corrected chi connectivity index (χ4v) is 2.67. The molecule has 0 aliphatic rings. The van der Waals surface area contributed by atoms with Gasteiger partial charge < -0.3 is 10.2 Å². The lowest BCUT2D eigenvalue weighted by Gasteiger charge is -2.18. The summed E-state index contributed by atoms with van der Waals surface area (Å²) in [5.74, 6) is 0.279. The number of rotatable bonds is 6. The predicted molar refractivity (Wildman–Crippen MR) is 80.2 cm³/mol. The molecule has 0 aliphatic heterocycles. The molecule has 1 rings (SSSR count). The zero-order chi connectivity index (χ0) is 15.3. The standard InChI is InChI=1S/C14H17ClO4S/c1-8(16)11-4-3-10(7-12(11)15)14(19)13(18)5-6-20-9(2)17/h3-4,7,13-14,18-19H,5-6H2,1-2H3. The topological polar surface area (TPSA) is 74.6 Å². The van der Waals surface area contributed by atoms with Gasteiger partial charge in [0.05, 0.1) is 11.1 Å². The van der Waals surface area contributed by atoms with Crippen molar-refractivity contribution in [2.75, 3.05) is 5.75 Å². The van der Waals surface area contributed by atoms with Crippen LogP contribution in [0.15, 0.2) is 18.2 Å². The van der Waals surface area contributed by atoms with Gasteiger partial charge in [0.25, 0.3) is 0 Å². The molecule has 0 aliphatic carbocycles. The fourth-order valence-electron chi connectivity index (χ4n) is 1.70. The van der Waals surface area contributed by atoms with E-state index in [1.807, 2.05) is 0 Å². The van der Waals surface area contributed by atoms with Gasteiger partial charge in [-0.2, -0.15) is 0 Å². The molecule has 2 unspecified atom stereocenters. The summed E-state index contributed by atoms with van der Waals surface area (Å²) in [6, 6.07) is 4.57. The summed E-state index contributed by atoms with van der Waals surface area (Å²) in [7, 11) is 0. The molecule has 0 bridgehead atoms. The first kappa shape index (κ1) is 17.2. The minimum Gasteiger partial charge on any atom is -0.390 e. The Morgan fingerprint density at radius 1 is 1.30 bits per heavy atom. The molecular weight excluding hydrogens is 300 g/mol. The van der Waals surface area contributed by atoms with Crippen LogP contribution >= 0.6 is 23.4 Å². The lowest BCUT2D eigenvalue weighted by molar-refractivity contribution is -0.109. The van der Waals surface area contributed by atoms with Gasteiger partial charge in [0, 0.05) is 18.2 Å². The van der Waals surface area contributed by atoms with Crippen LogP contribution in [-0.2, 0) is 4.79 Å². The zero-order valence-corrected chi connectivity index (χ0v) is 12.9. The SMILES string of the molecule is CC(=O)SCCC(O)C(O)c1ccc(C(C)=O)c(Cl)c1. The molecule has 6 heteroatoms. The number of ketones is 1. The van der Waals surface area contributed by atoms with Gasteiger partial charge in [-0.1, -0.05) is 29.4 Å². The maximum atomic E-state index is 11.3. The number of hydrogen-bond acceptors (Lipinski definition) is 5. The van der Waals surface area contributed by atoms with Crippen LogP contribution in [0.3, 0.4) is 0 Å². The molecule has 0 saturated heterocycles. The summed E-state index contributed by atoms with van der Waals surface area (Å²) >= 11 is 7.06. The molecule has 0 aromatic heterocycles. The van der Waals surface area contributed by atoms with Crippen molar-refractivity contribution in [3.05, 3.63) is 34.3 Å². The van der Waals surface area contributed by atoms with Crippen LogP contribution in [0.4, 0.5) is 0 Å². The third kappa shape index (κ3) is 4.90. The highest BCUT2D eigenvalue weighted by atomic mass is 35.5. The second kappa shape index (κ2) is 7.78. The van der Waals surface area contributed by atoms with E-state index in [9.17, 15) is 19.8 Å². The van der Waals surface area contributed by atoms with Crippen LogP contribution in [0, 0.1) is 0 Å². The summed E-state index contributed by atoms with van der Waals surface area (Å²) in [6.45, 7) is 2.86. The second-order valence-electron chi connectivity index (χ2n) is 4.44. The van der Waals surface area contributed by atoms with Crippen LogP contribution < -0.4 is 0 Å². The van der Waals surface area contributed by atoms with Crippen LogP contribution in [0.5, 0.6) is 0 Å². The number of hydrogen-bond donors (Lipinski definition) is 2. The van der Waals surface area contributed by atoms with Crippen molar-refractivity contribution in [2.24, 2.45) is 0 Å². The van der Waals surface area contributed by atoms with E-state index in [1.54, 1.807) is 6.07 Å². The van der Waals surface area contributed by atoms with Crippen molar-refractivity contribution in [1.82, 2.24) is 0 Å². The molecule has 0 heterocycles. The molecule has 20 heavy (non-hydrogen) atoms. The number of Topliss-reactive ketones (excluding diaryl/α,β-unsaturated/α-hetero) is 1. The normalized spacial score (nSPS) is 13.8. The van der Waals surface area contributed by atoms with E-state index in [0.29, 0.717) is 16.9 Å². The summed E-state index contributed by atoms with van der Waals surface area (Å²) in [5.41, 5.74) is 0.824. The van der Waals surface area contributed by atoms with E-state index in [4.69, 9.17) is 11.6 Å². The van der Waals surface area contributed by atoms with Crippen LogP contribution in [0.25, 0.3) is 0 Å². The van der Waals surface area contributed by atoms with Crippen molar-refractivity contribution in [2.45, 2.75) is 32.5 Å². The summed E-state index contributed by atoms with van der Waals surface area (Å²) in [4.78, 5) is 22.0. The van der Waals surface area contributed by atoms with E-state index in [1.165, 1.54) is 26.0 Å². The molecule has 0 fully saturated rings. The van der Waals surface area contributed by atoms with E-state index in [-0.39, 0.29) is 22.3 Å². The first-order valence-electron chi connectivity index (χ1n) is 6.12. The third-order valence-electron chi connectivity index (χ3n) is 2.80. The molecule has 4 nitrogen and oxygen atoms in total. The smallest absolute Gasteiger partial charge is 0.185 e. The minimum absolute atomic E-state index is 0.0273. The van der Waals surface area contributed by atoms with Crippen molar-refractivity contribution >= 4 is 34.3 Å². The zero-order valence-electron chi connectivity index (χ0n) is 11.3. The highest BCUT2D eigenvalue weighted by molar-refractivity contribution is 8.13. The molecule has 0 amide bonds. The van der Waals surface area contributed by atoms with Crippen molar-refractivity contribution in [3.63, 3.8) is 0 Å². The Balaban J connectivity index is 2.71. The molecule has 0 radical (unpaired) electrons. The Morgan fingerprint density at radius 3 is 2.45 bits per heavy atom. The summed E-state index contributed by atoms with van der Waals surface area (Å²) in [5, 5.41) is 20.1. The summed E-state index contributed by atoms with van der Waals surface area (Å²) < 4.78 is 0. The minimum atomic E-state index is -1.10. The molecular formula is C14H17ClO4S. The molecule has 110 valence electrons. The highest BCUT2D eigenvalue weighted by Crippen LogP contribution is 2.25. The lowest BCUT2D eigenvalue weighted by atomic mass is 10.0. The molecule has 0 spiro atoms. The second-order valence-corrected chi connectivity index (χ2v) is 6.12. The Kier molecular flexibility index (Phi) is 6.68. The Bertz CT molecular complexity index is 504. The van der Waals surface area contributed by atoms with Gasteiger partial charge in [0.1, 0.15) is 6.10 Å². The number of benzene rings is 1. The average Bonchev–Trinajstić information content (AvgIpc) is 2.36. The maximum Gasteiger partial charge on any atom is 0.185 e. The van der Waals surface area contributed by atoms with Crippen LogP contribution in [0.2, 0.25) is 5.02 Å². The van der Waals surface area contributed by atoms with Gasteiger partial charge in [-0.15, -0.1) is 0 Å². The van der Waals surface area contributed by atoms with Crippen molar-refractivity contribution in [1.29, 1.82) is 0 Å². The number of carbonyl (C=O) groups excluding carboxylic acids is 2. The molecule has 0 saturated carbocycles. The van der Waals surface area contributed by atoms with Crippen LogP contribution in [0.1, 0.15) is 42.3 Å². The van der Waals surface area contributed by atoms with Gasteiger partial charge >= 0.3 is 0 Å². The quantitative estimate of drug-likeness (QED) is 0.789. The number of carbonyl (C=O) groups is 2.